The SMILES string of the molecule is CCC1CCCN(S(=O)(=O)c2ncccc2NN)C1. The Bertz CT molecular complexity index is 532. The molecular formula is C12H20N4O2S. The molecule has 3 N–H and O–H groups in total. The van der Waals surface area contributed by atoms with Crippen LogP contribution in [0.3, 0.4) is 0 Å². The van der Waals surface area contributed by atoms with Crippen LogP contribution in [0.25, 0.3) is 0 Å². The summed E-state index contributed by atoms with van der Waals surface area (Å²) in [5.74, 6) is 5.79. The summed E-state index contributed by atoms with van der Waals surface area (Å²) < 4.78 is 26.7. The van der Waals surface area contributed by atoms with Gasteiger partial charge in [-0.3, -0.25) is 5.84 Å². The van der Waals surface area contributed by atoms with Crippen molar-refractivity contribution in [3.63, 3.8) is 0 Å². The number of nitrogens with two attached hydrogens (primary N) is 1. The smallest absolute Gasteiger partial charge is 0.262 e. The van der Waals surface area contributed by atoms with Gasteiger partial charge in [-0.2, -0.15) is 4.31 Å². The molecule has 19 heavy (non-hydrogen) atoms. The predicted octanol–water partition coefficient (Wildman–Crippen LogP) is 1.18. The molecule has 1 aliphatic rings. The van der Waals surface area contributed by atoms with Gasteiger partial charge in [0, 0.05) is 19.3 Å². The van der Waals surface area contributed by atoms with E-state index in [1.54, 1.807) is 12.1 Å². The summed E-state index contributed by atoms with van der Waals surface area (Å²) in [6.07, 6.45) is 4.45. The number of pyridine rings is 1. The van der Waals surface area contributed by atoms with Gasteiger partial charge in [0.05, 0.1) is 5.69 Å². The van der Waals surface area contributed by atoms with Crippen LogP contribution in [-0.2, 0) is 10.0 Å². The zero-order valence-electron chi connectivity index (χ0n) is 11.0. The van der Waals surface area contributed by atoms with Gasteiger partial charge in [0.1, 0.15) is 0 Å². The Hall–Kier alpha value is -1.18. The van der Waals surface area contributed by atoms with E-state index in [0.717, 1.165) is 19.3 Å². The fraction of sp³-hybridized carbons (Fsp3) is 0.583. The van der Waals surface area contributed by atoms with E-state index in [0.29, 0.717) is 24.7 Å². The van der Waals surface area contributed by atoms with Crippen LogP contribution in [0.5, 0.6) is 0 Å². The quantitative estimate of drug-likeness (QED) is 0.640. The van der Waals surface area contributed by atoms with E-state index in [9.17, 15) is 8.42 Å². The molecule has 1 aromatic rings. The first-order chi connectivity index (χ1) is 9.09. The maximum atomic E-state index is 12.6. The second-order valence-electron chi connectivity index (χ2n) is 4.78. The third-order valence-electron chi connectivity index (χ3n) is 3.57. The van der Waals surface area contributed by atoms with Crippen molar-refractivity contribution >= 4 is 15.7 Å². The maximum absolute atomic E-state index is 12.6. The molecule has 106 valence electrons. The van der Waals surface area contributed by atoms with Gasteiger partial charge >= 0.3 is 0 Å². The van der Waals surface area contributed by atoms with Crippen LogP contribution in [0.1, 0.15) is 26.2 Å². The largest absolute Gasteiger partial charge is 0.321 e. The minimum Gasteiger partial charge on any atom is -0.321 e. The molecule has 2 heterocycles. The number of aromatic nitrogens is 1. The number of piperidine rings is 1. The van der Waals surface area contributed by atoms with Gasteiger partial charge in [-0.1, -0.05) is 13.3 Å². The summed E-state index contributed by atoms with van der Waals surface area (Å²) in [5, 5.41) is 0.00857. The van der Waals surface area contributed by atoms with Gasteiger partial charge in [0.15, 0.2) is 5.03 Å². The van der Waals surface area contributed by atoms with Crippen molar-refractivity contribution in [2.24, 2.45) is 11.8 Å². The first-order valence-electron chi connectivity index (χ1n) is 6.51. The molecule has 1 aromatic heterocycles. The number of nitrogens with one attached hydrogen (secondary N) is 1. The molecule has 0 aliphatic carbocycles. The topological polar surface area (TPSA) is 88.3 Å². The molecule has 1 aliphatic heterocycles. The van der Waals surface area contributed by atoms with Gasteiger partial charge in [0.25, 0.3) is 10.0 Å². The number of hydrazine groups is 1. The van der Waals surface area contributed by atoms with E-state index in [-0.39, 0.29) is 5.03 Å². The molecule has 1 fully saturated rings. The van der Waals surface area contributed by atoms with Crippen LogP contribution in [0.2, 0.25) is 0 Å². The molecule has 0 amide bonds. The first kappa shape index (κ1) is 14.2. The fourth-order valence-electron chi connectivity index (χ4n) is 2.41. The maximum Gasteiger partial charge on any atom is 0.262 e. The summed E-state index contributed by atoms with van der Waals surface area (Å²) in [6.45, 7) is 3.22. The van der Waals surface area contributed by atoms with E-state index in [1.165, 1.54) is 10.5 Å². The third-order valence-corrected chi connectivity index (χ3v) is 5.40. The van der Waals surface area contributed by atoms with Crippen molar-refractivity contribution in [2.75, 3.05) is 18.5 Å². The molecule has 1 unspecified atom stereocenters. The average molecular weight is 284 g/mol. The van der Waals surface area contributed by atoms with Crippen LogP contribution in [-0.4, -0.2) is 30.8 Å². The molecule has 1 atom stereocenters. The zero-order chi connectivity index (χ0) is 13.9. The highest BCUT2D eigenvalue weighted by molar-refractivity contribution is 7.89. The molecule has 0 spiro atoms. The van der Waals surface area contributed by atoms with Gasteiger partial charge in [-0.15, -0.1) is 0 Å². The Balaban J connectivity index is 2.31. The predicted molar refractivity (Wildman–Crippen MR) is 73.8 cm³/mol. The Morgan fingerprint density at radius 2 is 2.37 bits per heavy atom. The Kier molecular flexibility index (Phi) is 4.38. The lowest BCUT2D eigenvalue weighted by molar-refractivity contribution is 0.261. The summed E-state index contributed by atoms with van der Waals surface area (Å²) in [5.41, 5.74) is 2.73. The molecule has 7 heteroatoms. The van der Waals surface area contributed by atoms with Gasteiger partial charge < -0.3 is 5.43 Å². The molecule has 0 radical (unpaired) electrons. The first-order valence-corrected chi connectivity index (χ1v) is 7.95. The standard InChI is InChI=1S/C12H20N4O2S/c1-2-10-5-4-8-16(9-10)19(17,18)12-11(15-13)6-3-7-14-12/h3,6-7,10,15H,2,4-5,8-9,13H2,1H3. The third kappa shape index (κ3) is 2.88. The number of sulfonamides is 1. The Labute approximate surface area is 114 Å². The highest BCUT2D eigenvalue weighted by atomic mass is 32.2. The van der Waals surface area contributed by atoms with Crippen molar-refractivity contribution < 1.29 is 8.42 Å². The normalized spacial score (nSPS) is 21.3. The molecule has 6 nitrogen and oxygen atoms in total. The van der Waals surface area contributed by atoms with Crippen molar-refractivity contribution in [1.82, 2.24) is 9.29 Å². The van der Waals surface area contributed by atoms with Gasteiger partial charge in [-0.25, -0.2) is 13.4 Å². The van der Waals surface area contributed by atoms with E-state index in [4.69, 9.17) is 5.84 Å². The molecule has 1 saturated heterocycles. The van der Waals surface area contributed by atoms with Crippen molar-refractivity contribution in [3.05, 3.63) is 18.3 Å². The van der Waals surface area contributed by atoms with Gasteiger partial charge in [-0.05, 0) is 30.9 Å². The van der Waals surface area contributed by atoms with Crippen LogP contribution in [0, 0.1) is 5.92 Å². The zero-order valence-corrected chi connectivity index (χ0v) is 11.9. The molecule has 0 saturated carbocycles. The van der Waals surface area contributed by atoms with E-state index in [2.05, 4.69) is 17.3 Å². The number of nitrogen functional groups attached to an aromatic ring is 1. The summed E-state index contributed by atoms with van der Waals surface area (Å²) in [4.78, 5) is 3.98. The van der Waals surface area contributed by atoms with Crippen molar-refractivity contribution in [3.8, 4) is 0 Å². The van der Waals surface area contributed by atoms with Crippen LogP contribution in [0.4, 0.5) is 5.69 Å². The minimum absolute atomic E-state index is 0.00857. The number of anilines is 1. The molecule has 0 aromatic carbocycles. The molecular weight excluding hydrogens is 264 g/mol. The van der Waals surface area contributed by atoms with Crippen molar-refractivity contribution in [1.29, 1.82) is 0 Å². The number of rotatable bonds is 4. The van der Waals surface area contributed by atoms with Crippen LogP contribution >= 0.6 is 0 Å². The fourth-order valence-corrected chi connectivity index (χ4v) is 4.03. The van der Waals surface area contributed by atoms with Crippen LogP contribution < -0.4 is 11.3 Å². The molecule has 0 bridgehead atoms. The summed E-state index contributed by atoms with van der Waals surface area (Å²) in [6, 6.07) is 3.26. The lowest BCUT2D eigenvalue weighted by Crippen LogP contribution is -2.40. The second kappa shape index (κ2) is 5.85. The Morgan fingerprint density at radius 3 is 3.05 bits per heavy atom. The number of hydrogen-bond donors (Lipinski definition) is 2. The monoisotopic (exact) mass is 284 g/mol. The van der Waals surface area contributed by atoms with Crippen molar-refractivity contribution in [2.45, 2.75) is 31.2 Å². The second-order valence-corrected chi connectivity index (χ2v) is 6.63. The number of hydrogen-bond acceptors (Lipinski definition) is 5. The summed E-state index contributed by atoms with van der Waals surface area (Å²) >= 11 is 0. The Morgan fingerprint density at radius 1 is 1.58 bits per heavy atom. The van der Waals surface area contributed by atoms with E-state index < -0.39 is 10.0 Å². The average Bonchev–Trinajstić information content (AvgIpc) is 2.47. The van der Waals surface area contributed by atoms with Crippen LogP contribution in [0.15, 0.2) is 23.4 Å². The number of nitrogens with zero attached hydrogens (tertiary/aromatic N) is 2. The molecule has 2 rings (SSSR count). The highest BCUT2D eigenvalue weighted by Gasteiger charge is 2.32. The minimum atomic E-state index is -3.57. The lowest BCUT2D eigenvalue weighted by Gasteiger charge is -2.31. The van der Waals surface area contributed by atoms with E-state index in [1.807, 2.05) is 0 Å². The highest BCUT2D eigenvalue weighted by Crippen LogP contribution is 2.27. The lowest BCUT2D eigenvalue weighted by atomic mass is 9.97. The summed E-state index contributed by atoms with van der Waals surface area (Å²) in [7, 11) is -3.57. The van der Waals surface area contributed by atoms with E-state index >= 15 is 0 Å². The van der Waals surface area contributed by atoms with Gasteiger partial charge in [0.2, 0.25) is 0 Å².